The summed E-state index contributed by atoms with van der Waals surface area (Å²) in [4.78, 5) is 23.3. The third kappa shape index (κ3) is 5.35. The van der Waals surface area contributed by atoms with E-state index in [1.54, 1.807) is 0 Å². The summed E-state index contributed by atoms with van der Waals surface area (Å²) >= 11 is 0. The van der Waals surface area contributed by atoms with Crippen LogP contribution < -0.4 is 16.0 Å². The van der Waals surface area contributed by atoms with Crippen molar-refractivity contribution in [2.24, 2.45) is 0 Å². The SMILES string of the molecule is Cc1ccc(CNC(=O)NCC(=O)Nc2ccc(F)cc2F)cc1. The Bertz CT molecular complexity index is 733. The van der Waals surface area contributed by atoms with E-state index in [2.05, 4.69) is 16.0 Å². The molecule has 3 N–H and O–H groups in total. The van der Waals surface area contributed by atoms with Gasteiger partial charge in [0.1, 0.15) is 11.6 Å². The van der Waals surface area contributed by atoms with Gasteiger partial charge in [0.05, 0.1) is 12.2 Å². The normalized spacial score (nSPS) is 10.1. The molecule has 0 radical (unpaired) electrons. The molecule has 0 fully saturated rings. The van der Waals surface area contributed by atoms with E-state index in [9.17, 15) is 18.4 Å². The largest absolute Gasteiger partial charge is 0.334 e. The van der Waals surface area contributed by atoms with Gasteiger partial charge in [0.15, 0.2) is 0 Å². The third-order valence-corrected chi connectivity index (χ3v) is 3.19. The number of aryl methyl sites for hydroxylation is 1. The lowest BCUT2D eigenvalue weighted by molar-refractivity contribution is -0.115. The van der Waals surface area contributed by atoms with Gasteiger partial charge in [0.2, 0.25) is 5.91 Å². The fraction of sp³-hybridized carbons (Fsp3) is 0.176. The van der Waals surface area contributed by atoms with Crippen molar-refractivity contribution in [3.63, 3.8) is 0 Å². The zero-order valence-electron chi connectivity index (χ0n) is 13.0. The molecular formula is C17H17F2N3O2. The first kappa shape index (κ1) is 17.4. The second-order valence-corrected chi connectivity index (χ2v) is 5.19. The number of carbonyl (C=O) groups is 2. The minimum absolute atomic E-state index is 0.150. The van der Waals surface area contributed by atoms with Crippen molar-refractivity contribution < 1.29 is 18.4 Å². The van der Waals surface area contributed by atoms with E-state index < -0.39 is 23.6 Å². The van der Waals surface area contributed by atoms with Gasteiger partial charge >= 0.3 is 6.03 Å². The summed E-state index contributed by atoms with van der Waals surface area (Å²) in [6.07, 6.45) is 0. The Morgan fingerprint density at radius 1 is 1.00 bits per heavy atom. The summed E-state index contributed by atoms with van der Waals surface area (Å²) in [6, 6.07) is 9.92. The molecule has 0 spiro atoms. The van der Waals surface area contributed by atoms with Gasteiger partial charge in [-0.05, 0) is 24.6 Å². The van der Waals surface area contributed by atoms with E-state index in [0.29, 0.717) is 12.6 Å². The molecule has 126 valence electrons. The quantitative estimate of drug-likeness (QED) is 0.787. The van der Waals surface area contributed by atoms with Gasteiger partial charge in [-0.25, -0.2) is 13.6 Å². The van der Waals surface area contributed by atoms with E-state index in [0.717, 1.165) is 23.3 Å². The number of rotatable bonds is 5. The van der Waals surface area contributed by atoms with Crippen LogP contribution in [0.3, 0.4) is 0 Å². The number of anilines is 1. The summed E-state index contributed by atoms with van der Waals surface area (Å²) in [6.45, 7) is 1.95. The number of nitrogens with one attached hydrogen (secondary N) is 3. The molecule has 0 aromatic heterocycles. The van der Waals surface area contributed by atoms with Gasteiger partial charge in [-0.15, -0.1) is 0 Å². The summed E-state index contributed by atoms with van der Waals surface area (Å²) in [5.41, 5.74) is 1.89. The lowest BCUT2D eigenvalue weighted by Gasteiger charge is -2.09. The minimum Gasteiger partial charge on any atom is -0.334 e. The molecule has 0 saturated heterocycles. The van der Waals surface area contributed by atoms with Crippen LogP contribution in [0.5, 0.6) is 0 Å². The molecule has 3 amide bonds. The third-order valence-electron chi connectivity index (χ3n) is 3.19. The number of benzene rings is 2. The Morgan fingerprint density at radius 3 is 2.38 bits per heavy atom. The Hall–Kier alpha value is -2.96. The van der Waals surface area contributed by atoms with Crippen molar-refractivity contribution >= 4 is 17.6 Å². The summed E-state index contributed by atoms with van der Waals surface area (Å²) in [5.74, 6) is -2.24. The first-order valence-electron chi connectivity index (χ1n) is 7.26. The van der Waals surface area contributed by atoms with E-state index in [1.165, 1.54) is 0 Å². The van der Waals surface area contributed by atoms with Crippen LogP contribution in [-0.2, 0) is 11.3 Å². The van der Waals surface area contributed by atoms with Crippen LogP contribution in [0.25, 0.3) is 0 Å². The molecule has 0 aliphatic heterocycles. The van der Waals surface area contributed by atoms with Crippen LogP contribution in [0.4, 0.5) is 19.3 Å². The number of halogens is 2. The second-order valence-electron chi connectivity index (χ2n) is 5.19. The summed E-state index contributed by atoms with van der Waals surface area (Å²) in [5, 5.41) is 7.21. The molecule has 0 bridgehead atoms. The molecule has 2 aromatic carbocycles. The first-order valence-corrected chi connectivity index (χ1v) is 7.26. The molecule has 2 aromatic rings. The molecular weight excluding hydrogens is 316 g/mol. The summed E-state index contributed by atoms with van der Waals surface area (Å²) < 4.78 is 26.2. The van der Waals surface area contributed by atoms with Crippen LogP contribution in [-0.4, -0.2) is 18.5 Å². The molecule has 2 rings (SSSR count). The predicted octanol–water partition coefficient (Wildman–Crippen LogP) is 2.71. The maximum Gasteiger partial charge on any atom is 0.315 e. The van der Waals surface area contributed by atoms with E-state index in [-0.39, 0.29) is 12.2 Å². The molecule has 0 aliphatic carbocycles. The smallest absolute Gasteiger partial charge is 0.315 e. The standard InChI is InChI=1S/C17H17F2N3O2/c1-11-2-4-12(5-3-11)9-20-17(24)21-10-16(23)22-15-7-6-13(18)8-14(15)19/h2-8H,9-10H2,1H3,(H,22,23)(H2,20,21,24). The lowest BCUT2D eigenvalue weighted by Crippen LogP contribution is -2.39. The Morgan fingerprint density at radius 2 is 1.71 bits per heavy atom. The molecule has 7 heteroatoms. The highest BCUT2D eigenvalue weighted by Crippen LogP contribution is 2.14. The highest BCUT2D eigenvalue weighted by molar-refractivity contribution is 5.94. The molecule has 0 heterocycles. The zero-order chi connectivity index (χ0) is 17.5. The average molecular weight is 333 g/mol. The minimum atomic E-state index is -0.882. The van der Waals surface area contributed by atoms with Crippen molar-refractivity contribution in [3.05, 3.63) is 65.2 Å². The van der Waals surface area contributed by atoms with Crippen LogP contribution in [0.2, 0.25) is 0 Å². The van der Waals surface area contributed by atoms with Crippen molar-refractivity contribution in [1.82, 2.24) is 10.6 Å². The van der Waals surface area contributed by atoms with Gasteiger partial charge in [0.25, 0.3) is 0 Å². The zero-order valence-corrected chi connectivity index (χ0v) is 13.0. The number of hydrogen-bond donors (Lipinski definition) is 3. The number of amides is 3. The van der Waals surface area contributed by atoms with Crippen LogP contribution in [0, 0.1) is 18.6 Å². The topological polar surface area (TPSA) is 70.2 Å². The number of hydrogen-bond acceptors (Lipinski definition) is 2. The fourth-order valence-electron chi connectivity index (χ4n) is 1.90. The van der Waals surface area contributed by atoms with Crippen LogP contribution in [0.1, 0.15) is 11.1 Å². The number of urea groups is 1. The molecule has 0 aliphatic rings. The molecule has 0 atom stereocenters. The molecule has 5 nitrogen and oxygen atoms in total. The second kappa shape index (κ2) is 8.05. The molecule has 0 saturated carbocycles. The van der Waals surface area contributed by atoms with Gasteiger partial charge in [-0.3, -0.25) is 4.79 Å². The van der Waals surface area contributed by atoms with Gasteiger partial charge in [0, 0.05) is 12.6 Å². The maximum atomic E-state index is 13.4. The van der Waals surface area contributed by atoms with Gasteiger partial charge < -0.3 is 16.0 Å². The monoisotopic (exact) mass is 333 g/mol. The highest BCUT2D eigenvalue weighted by Gasteiger charge is 2.09. The van der Waals surface area contributed by atoms with Crippen LogP contribution >= 0.6 is 0 Å². The van der Waals surface area contributed by atoms with Crippen molar-refractivity contribution in [3.8, 4) is 0 Å². The first-order chi connectivity index (χ1) is 11.4. The van der Waals surface area contributed by atoms with Crippen molar-refractivity contribution in [2.75, 3.05) is 11.9 Å². The lowest BCUT2D eigenvalue weighted by atomic mass is 10.1. The van der Waals surface area contributed by atoms with E-state index in [1.807, 2.05) is 31.2 Å². The Balaban J connectivity index is 1.74. The van der Waals surface area contributed by atoms with E-state index >= 15 is 0 Å². The van der Waals surface area contributed by atoms with Gasteiger partial charge in [-0.2, -0.15) is 0 Å². The Kier molecular flexibility index (Phi) is 5.83. The summed E-state index contributed by atoms with van der Waals surface area (Å²) in [7, 11) is 0. The van der Waals surface area contributed by atoms with Crippen molar-refractivity contribution in [2.45, 2.75) is 13.5 Å². The predicted molar refractivity (Wildman–Crippen MR) is 86.4 cm³/mol. The average Bonchev–Trinajstić information content (AvgIpc) is 2.55. The fourth-order valence-corrected chi connectivity index (χ4v) is 1.90. The molecule has 0 unspecified atom stereocenters. The van der Waals surface area contributed by atoms with Crippen LogP contribution in [0.15, 0.2) is 42.5 Å². The maximum absolute atomic E-state index is 13.4. The van der Waals surface area contributed by atoms with Gasteiger partial charge in [-0.1, -0.05) is 29.8 Å². The molecule has 24 heavy (non-hydrogen) atoms. The highest BCUT2D eigenvalue weighted by atomic mass is 19.1. The van der Waals surface area contributed by atoms with Crippen molar-refractivity contribution in [1.29, 1.82) is 0 Å². The number of carbonyl (C=O) groups excluding carboxylic acids is 2. The van der Waals surface area contributed by atoms with E-state index in [4.69, 9.17) is 0 Å². The Labute approximate surface area is 138 Å².